The molecule has 20 heavy (non-hydrogen) atoms. The van der Waals surface area contributed by atoms with Crippen LogP contribution in [0.15, 0.2) is 48.7 Å². The van der Waals surface area contributed by atoms with Crippen molar-refractivity contribution in [2.24, 2.45) is 0 Å². The average molecular weight is 263 g/mol. The number of aromatic nitrogens is 2. The first-order chi connectivity index (χ1) is 9.65. The SMILES string of the molecule is Cc1cccc(C)c1-c1ccc(-c2cnc(N)[nH]2)cc1. The molecular formula is C17H17N3. The molecule has 0 saturated heterocycles. The van der Waals surface area contributed by atoms with Crippen LogP contribution in [-0.4, -0.2) is 9.97 Å². The maximum atomic E-state index is 5.61. The predicted octanol–water partition coefficient (Wildman–Crippen LogP) is 3.94. The van der Waals surface area contributed by atoms with E-state index < -0.39 is 0 Å². The van der Waals surface area contributed by atoms with Crippen LogP contribution in [0.1, 0.15) is 11.1 Å². The lowest BCUT2D eigenvalue weighted by Crippen LogP contribution is -1.88. The third-order valence-electron chi connectivity index (χ3n) is 3.56. The van der Waals surface area contributed by atoms with Gasteiger partial charge in [0, 0.05) is 0 Å². The largest absolute Gasteiger partial charge is 0.369 e. The van der Waals surface area contributed by atoms with Gasteiger partial charge in [-0.3, -0.25) is 0 Å². The lowest BCUT2D eigenvalue weighted by molar-refractivity contribution is 1.32. The van der Waals surface area contributed by atoms with E-state index in [1.54, 1.807) is 6.20 Å². The monoisotopic (exact) mass is 263 g/mol. The lowest BCUT2D eigenvalue weighted by atomic mass is 9.95. The van der Waals surface area contributed by atoms with E-state index in [1.165, 1.54) is 22.3 Å². The maximum Gasteiger partial charge on any atom is 0.197 e. The Labute approximate surface area is 118 Å². The van der Waals surface area contributed by atoms with Gasteiger partial charge in [-0.15, -0.1) is 0 Å². The fraction of sp³-hybridized carbons (Fsp3) is 0.118. The number of nitrogen functional groups attached to an aromatic ring is 1. The van der Waals surface area contributed by atoms with Crippen molar-refractivity contribution < 1.29 is 0 Å². The van der Waals surface area contributed by atoms with Gasteiger partial charge in [-0.25, -0.2) is 4.98 Å². The van der Waals surface area contributed by atoms with Crippen molar-refractivity contribution in [2.75, 3.05) is 5.73 Å². The Morgan fingerprint density at radius 1 is 0.900 bits per heavy atom. The maximum absolute atomic E-state index is 5.61. The van der Waals surface area contributed by atoms with Gasteiger partial charge in [0.15, 0.2) is 5.95 Å². The summed E-state index contributed by atoms with van der Waals surface area (Å²) in [5, 5.41) is 0. The molecule has 3 nitrogen and oxygen atoms in total. The number of nitrogens with two attached hydrogens (primary N) is 1. The van der Waals surface area contributed by atoms with Gasteiger partial charge in [0.1, 0.15) is 0 Å². The minimum Gasteiger partial charge on any atom is -0.369 e. The summed E-state index contributed by atoms with van der Waals surface area (Å²) in [6, 6.07) is 14.8. The Bertz CT molecular complexity index is 719. The zero-order valence-electron chi connectivity index (χ0n) is 11.6. The van der Waals surface area contributed by atoms with Gasteiger partial charge in [-0.05, 0) is 41.7 Å². The second kappa shape index (κ2) is 4.85. The minimum atomic E-state index is 0.443. The standard InChI is InChI=1S/C17H17N3/c1-11-4-3-5-12(2)16(11)14-8-6-13(7-9-14)15-10-19-17(18)20-15/h3-10H,1-2H3,(H3,18,19,20). The average Bonchev–Trinajstić information content (AvgIpc) is 2.86. The van der Waals surface area contributed by atoms with Crippen molar-refractivity contribution >= 4 is 5.95 Å². The Kier molecular flexibility index (Phi) is 3.03. The van der Waals surface area contributed by atoms with Crippen molar-refractivity contribution in [3.8, 4) is 22.4 Å². The number of nitrogens with one attached hydrogen (secondary N) is 1. The summed E-state index contributed by atoms with van der Waals surface area (Å²) < 4.78 is 0. The number of nitrogens with zero attached hydrogens (tertiary/aromatic N) is 1. The second-order valence-electron chi connectivity index (χ2n) is 5.03. The number of anilines is 1. The summed E-state index contributed by atoms with van der Waals surface area (Å²) in [6.45, 7) is 4.29. The van der Waals surface area contributed by atoms with Crippen LogP contribution >= 0.6 is 0 Å². The molecule has 100 valence electrons. The summed E-state index contributed by atoms with van der Waals surface area (Å²) >= 11 is 0. The minimum absolute atomic E-state index is 0.443. The number of imidazole rings is 1. The lowest BCUT2D eigenvalue weighted by Gasteiger charge is -2.10. The number of H-pyrrole nitrogens is 1. The second-order valence-corrected chi connectivity index (χ2v) is 5.03. The highest BCUT2D eigenvalue weighted by molar-refractivity contribution is 5.73. The molecule has 0 fully saturated rings. The fourth-order valence-corrected chi connectivity index (χ4v) is 2.57. The van der Waals surface area contributed by atoms with E-state index in [2.05, 4.69) is 66.3 Å². The first kappa shape index (κ1) is 12.5. The molecule has 0 aliphatic heterocycles. The van der Waals surface area contributed by atoms with E-state index in [1.807, 2.05) is 0 Å². The summed E-state index contributed by atoms with van der Waals surface area (Å²) in [7, 11) is 0. The Morgan fingerprint density at radius 3 is 2.05 bits per heavy atom. The molecule has 1 aromatic heterocycles. The van der Waals surface area contributed by atoms with Crippen LogP contribution in [0, 0.1) is 13.8 Å². The number of aryl methyl sites for hydroxylation is 2. The van der Waals surface area contributed by atoms with Gasteiger partial charge in [0.25, 0.3) is 0 Å². The van der Waals surface area contributed by atoms with Gasteiger partial charge in [0.05, 0.1) is 11.9 Å². The number of hydrogen-bond donors (Lipinski definition) is 2. The van der Waals surface area contributed by atoms with Crippen molar-refractivity contribution in [2.45, 2.75) is 13.8 Å². The van der Waals surface area contributed by atoms with Crippen molar-refractivity contribution in [1.29, 1.82) is 0 Å². The zero-order valence-corrected chi connectivity index (χ0v) is 11.6. The van der Waals surface area contributed by atoms with E-state index in [-0.39, 0.29) is 0 Å². The highest BCUT2D eigenvalue weighted by Crippen LogP contribution is 2.29. The molecule has 2 aromatic carbocycles. The van der Waals surface area contributed by atoms with Crippen LogP contribution in [0.25, 0.3) is 22.4 Å². The van der Waals surface area contributed by atoms with Crippen molar-refractivity contribution in [3.63, 3.8) is 0 Å². The molecule has 0 aliphatic carbocycles. The summed E-state index contributed by atoms with van der Waals surface area (Å²) in [6.07, 6.45) is 1.75. The van der Waals surface area contributed by atoms with Crippen LogP contribution in [0.3, 0.4) is 0 Å². The quantitative estimate of drug-likeness (QED) is 0.735. The Morgan fingerprint density at radius 2 is 1.50 bits per heavy atom. The molecule has 0 unspecified atom stereocenters. The zero-order chi connectivity index (χ0) is 14.1. The highest BCUT2D eigenvalue weighted by atomic mass is 15.0. The molecule has 3 N–H and O–H groups in total. The van der Waals surface area contributed by atoms with Gasteiger partial charge in [-0.2, -0.15) is 0 Å². The van der Waals surface area contributed by atoms with E-state index >= 15 is 0 Å². The van der Waals surface area contributed by atoms with Gasteiger partial charge < -0.3 is 10.7 Å². The molecule has 0 atom stereocenters. The third-order valence-corrected chi connectivity index (χ3v) is 3.56. The summed E-state index contributed by atoms with van der Waals surface area (Å²) in [4.78, 5) is 7.07. The van der Waals surface area contributed by atoms with Gasteiger partial charge in [0.2, 0.25) is 0 Å². The Balaban J connectivity index is 2.01. The molecule has 3 aromatic rings. The molecule has 1 heterocycles. The third kappa shape index (κ3) is 2.18. The smallest absolute Gasteiger partial charge is 0.197 e. The number of hydrogen-bond acceptors (Lipinski definition) is 2. The molecule has 0 aliphatic rings. The molecule has 3 rings (SSSR count). The molecule has 0 bridgehead atoms. The molecule has 3 heteroatoms. The van der Waals surface area contributed by atoms with E-state index in [4.69, 9.17) is 5.73 Å². The molecular weight excluding hydrogens is 246 g/mol. The van der Waals surface area contributed by atoms with Crippen molar-refractivity contribution in [3.05, 3.63) is 59.8 Å². The van der Waals surface area contributed by atoms with Crippen molar-refractivity contribution in [1.82, 2.24) is 9.97 Å². The topological polar surface area (TPSA) is 54.7 Å². The van der Waals surface area contributed by atoms with Gasteiger partial charge in [-0.1, -0.05) is 42.5 Å². The Hall–Kier alpha value is -2.55. The van der Waals surface area contributed by atoms with E-state index in [9.17, 15) is 0 Å². The molecule has 0 spiro atoms. The number of benzene rings is 2. The predicted molar refractivity (Wildman–Crippen MR) is 83.3 cm³/mol. The molecule has 0 amide bonds. The van der Waals surface area contributed by atoms with E-state index in [0.29, 0.717) is 5.95 Å². The first-order valence-electron chi connectivity index (χ1n) is 6.62. The normalized spacial score (nSPS) is 10.7. The van der Waals surface area contributed by atoms with Crippen LogP contribution in [-0.2, 0) is 0 Å². The summed E-state index contributed by atoms with van der Waals surface area (Å²) in [5.41, 5.74) is 12.8. The fourth-order valence-electron chi connectivity index (χ4n) is 2.57. The summed E-state index contributed by atoms with van der Waals surface area (Å²) in [5.74, 6) is 0.443. The highest BCUT2D eigenvalue weighted by Gasteiger charge is 2.06. The first-order valence-corrected chi connectivity index (χ1v) is 6.62. The van der Waals surface area contributed by atoms with E-state index in [0.717, 1.165) is 11.3 Å². The van der Waals surface area contributed by atoms with Crippen LogP contribution in [0.5, 0.6) is 0 Å². The molecule has 0 saturated carbocycles. The number of aromatic amines is 1. The van der Waals surface area contributed by atoms with Crippen LogP contribution in [0.2, 0.25) is 0 Å². The van der Waals surface area contributed by atoms with Gasteiger partial charge >= 0.3 is 0 Å². The van der Waals surface area contributed by atoms with Crippen LogP contribution < -0.4 is 5.73 Å². The van der Waals surface area contributed by atoms with Crippen LogP contribution in [0.4, 0.5) is 5.95 Å². The molecule has 0 radical (unpaired) electrons. The number of rotatable bonds is 2.